The number of allylic oxidation sites excluding steroid dienone is 1. The summed E-state index contributed by atoms with van der Waals surface area (Å²) in [6.07, 6.45) is 17.9. The monoisotopic (exact) mass is 376 g/mol. The maximum atomic E-state index is 3.79. The smallest absolute Gasteiger partial charge is 0.0432 e. The minimum absolute atomic E-state index is 0. The van der Waals surface area contributed by atoms with Crippen LogP contribution < -0.4 is 10.2 Å². The standard InChI is InChI=1S/C23H36N2.ClH/c1-2-3-4-5-6-7-8-9-10-15-24-22-18-20-13-11-16-25-17-12-14-21(19-22)23(20)25;/h2,18-19,24H,1,3-17H2;1H. The number of unbranched alkanes of at least 4 members (excludes halogenated alkanes) is 7. The molecule has 0 bridgehead atoms. The van der Waals surface area contributed by atoms with E-state index < -0.39 is 0 Å². The zero-order chi connectivity index (χ0) is 17.3. The van der Waals surface area contributed by atoms with Crippen molar-refractivity contribution in [2.75, 3.05) is 29.9 Å². The minimum Gasteiger partial charge on any atom is -0.385 e. The summed E-state index contributed by atoms with van der Waals surface area (Å²) in [7, 11) is 0. The van der Waals surface area contributed by atoms with Gasteiger partial charge in [0.2, 0.25) is 0 Å². The van der Waals surface area contributed by atoms with Crippen LogP contribution in [0, 0.1) is 0 Å². The maximum absolute atomic E-state index is 3.79. The Hall–Kier alpha value is -1.15. The number of rotatable bonds is 11. The molecule has 0 aliphatic carbocycles. The predicted molar refractivity (Wildman–Crippen MR) is 118 cm³/mol. The van der Waals surface area contributed by atoms with E-state index in [9.17, 15) is 0 Å². The highest BCUT2D eigenvalue weighted by molar-refractivity contribution is 5.85. The van der Waals surface area contributed by atoms with Gasteiger partial charge in [0.05, 0.1) is 0 Å². The number of nitrogens with zero attached hydrogens (tertiary/aromatic N) is 1. The van der Waals surface area contributed by atoms with E-state index in [0.717, 1.165) is 6.54 Å². The third-order valence-electron chi connectivity index (χ3n) is 5.75. The molecule has 146 valence electrons. The van der Waals surface area contributed by atoms with Crippen molar-refractivity contribution >= 4 is 23.8 Å². The van der Waals surface area contributed by atoms with Crippen LogP contribution in [-0.2, 0) is 12.8 Å². The Balaban J connectivity index is 0.00000243. The van der Waals surface area contributed by atoms with E-state index in [1.54, 1.807) is 16.8 Å². The molecule has 1 N–H and O–H groups in total. The molecule has 3 rings (SSSR count). The van der Waals surface area contributed by atoms with E-state index in [4.69, 9.17) is 0 Å². The number of benzene rings is 1. The molecule has 1 aromatic rings. The van der Waals surface area contributed by atoms with E-state index in [1.807, 2.05) is 6.08 Å². The van der Waals surface area contributed by atoms with Gasteiger partial charge < -0.3 is 10.2 Å². The highest BCUT2D eigenvalue weighted by atomic mass is 35.5. The van der Waals surface area contributed by atoms with Crippen LogP contribution in [0.1, 0.15) is 75.3 Å². The van der Waals surface area contributed by atoms with Gasteiger partial charge in [-0.25, -0.2) is 0 Å². The number of hydrogen-bond donors (Lipinski definition) is 1. The molecule has 0 spiro atoms. The van der Waals surface area contributed by atoms with E-state index in [2.05, 4.69) is 28.9 Å². The summed E-state index contributed by atoms with van der Waals surface area (Å²) < 4.78 is 0. The molecule has 0 fully saturated rings. The summed E-state index contributed by atoms with van der Waals surface area (Å²) in [5, 5.41) is 3.70. The normalized spacial score (nSPS) is 15.2. The molecule has 0 amide bonds. The van der Waals surface area contributed by atoms with Crippen LogP contribution in [0.4, 0.5) is 11.4 Å². The topological polar surface area (TPSA) is 15.3 Å². The number of aryl methyl sites for hydroxylation is 2. The van der Waals surface area contributed by atoms with Crippen LogP contribution in [-0.4, -0.2) is 19.6 Å². The lowest BCUT2D eigenvalue weighted by molar-refractivity contribution is 0.587. The number of nitrogens with one attached hydrogen (secondary N) is 1. The van der Waals surface area contributed by atoms with Crippen molar-refractivity contribution in [1.29, 1.82) is 0 Å². The molecule has 0 saturated heterocycles. The van der Waals surface area contributed by atoms with Crippen molar-refractivity contribution < 1.29 is 0 Å². The fraction of sp³-hybridized carbons (Fsp3) is 0.652. The average Bonchev–Trinajstić information content (AvgIpc) is 2.64. The molecule has 3 heteroatoms. The molecule has 2 nitrogen and oxygen atoms in total. The minimum atomic E-state index is 0. The first-order valence-electron chi connectivity index (χ1n) is 10.6. The first-order chi connectivity index (χ1) is 12.4. The predicted octanol–water partition coefficient (Wildman–Crippen LogP) is 6.53. The van der Waals surface area contributed by atoms with Gasteiger partial charge >= 0.3 is 0 Å². The van der Waals surface area contributed by atoms with Crippen LogP contribution in [0.5, 0.6) is 0 Å². The van der Waals surface area contributed by atoms with Crippen molar-refractivity contribution in [3.8, 4) is 0 Å². The first kappa shape index (κ1) is 21.2. The van der Waals surface area contributed by atoms with Crippen molar-refractivity contribution in [1.82, 2.24) is 0 Å². The molecule has 1 aromatic carbocycles. The molecule has 26 heavy (non-hydrogen) atoms. The lowest BCUT2D eigenvalue weighted by Crippen LogP contribution is -2.34. The van der Waals surface area contributed by atoms with Gasteiger partial charge in [-0.2, -0.15) is 0 Å². The SMILES string of the molecule is C=CCCCCCCCCCNc1cc2c3c(c1)CCCN3CCC2.Cl. The highest BCUT2D eigenvalue weighted by Gasteiger charge is 2.23. The molecule has 2 heterocycles. The molecular weight excluding hydrogens is 340 g/mol. The number of anilines is 2. The Morgan fingerprint density at radius 3 is 2.08 bits per heavy atom. The first-order valence-corrected chi connectivity index (χ1v) is 10.6. The number of halogens is 1. The quantitative estimate of drug-likeness (QED) is 0.349. The Labute approximate surface area is 166 Å². The van der Waals surface area contributed by atoms with Crippen molar-refractivity contribution in [2.45, 2.75) is 77.0 Å². The zero-order valence-corrected chi connectivity index (χ0v) is 17.2. The summed E-state index contributed by atoms with van der Waals surface area (Å²) in [6.45, 7) is 7.44. The van der Waals surface area contributed by atoms with Gasteiger partial charge in [0.1, 0.15) is 0 Å². The molecular formula is C23H37ClN2. The zero-order valence-electron chi connectivity index (χ0n) is 16.4. The highest BCUT2D eigenvalue weighted by Crippen LogP contribution is 2.37. The van der Waals surface area contributed by atoms with Gasteiger partial charge in [0.15, 0.2) is 0 Å². The second kappa shape index (κ2) is 11.5. The van der Waals surface area contributed by atoms with E-state index >= 15 is 0 Å². The van der Waals surface area contributed by atoms with Crippen LogP contribution in [0.2, 0.25) is 0 Å². The summed E-state index contributed by atoms with van der Waals surface area (Å²) >= 11 is 0. The molecule has 0 saturated carbocycles. The van der Waals surface area contributed by atoms with Crippen LogP contribution in [0.15, 0.2) is 24.8 Å². The average molecular weight is 377 g/mol. The third-order valence-corrected chi connectivity index (χ3v) is 5.75. The Kier molecular flexibility index (Phi) is 9.39. The van der Waals surface area contributed by atoms with Gasteiger partial charge in [-0.15, -0.1) is 19.0 Å². The molecule has 0 aromatic heterocycles. The second-order valence-corrected chi connectivity index (χ2v) is 7.82. The van der Waals surface area contributed by atoms with Gasteiger partial charge in [-0.3, -0.25) is 0 Å². The van der Waals surface area contributed by atoms with E-state index in [0.29, 0.717) is 0 Å². The molecule has 0 atom stereocenters. The Bertz CT molecular complexity index is 524. The Morgan fingerprint density at radius 2 is 1.46 bits per heavy atom. The van der Waals surface area contributed by atoms with Crippen LogP contribution >= 0.6 is 12.4 Å². The van der Waals surface area contributed by atoms with Crippen molar-refractivity contribution in [2.24, 2.45) is 0 Å². The van der Waals surface area contributed by atoms with Crippen LogP contribution in [0.25, 0.3) is 0 Å². The van der Waals surface area contributed by atoms with E-state index in [-0.39, 0.29) is 12.4 Å². The van der Waals surface area contributed by atoms with Gasteiger partial charge in [-0.05, 0) is 68.2 Å². The second-order valence-electron chi connectivity index (χ2n) is 7.82. The summed E-state index contributed by atoms with van der Waals surface area (Å²) in [5.74, 6) is 0. The molecule has 2 aliphatic rings. The van der Waals surface area contributed by atoms with Gasteiger partial charge in [0.25, 0.3) is 0 Å². The maximum Gasteiger partial charge on any atom is 0.0432 e. The lowest BCUT2D eigenvalue weighted by Gasteiger charge is -2.37. The third kappa shape index (κ3) is 5.94. The van der Waals surface area contributed by atoms with Gasteiger partial charge in [-0.1, -0.05) is 38.2 Å². The number of hydrogen-bond acceptors (Lipinski definition) is 2. The lowest BCUT2D eigenvalue weighted by atomic mass is 9.91. The van der Waals surface area contributed by atoms with Crippen molar-refractivity contribution in [3.05, 3.63) is 35.9 Å². The fourth-order valence-corrected chi connectivity index (χ4v) is 4.44. The molecule has 0 unspecified atom stereocenters. The van der Waals surface area contributed by atoms with E-state index in [1.165, 1.54) is 95.8 Å². The largest absolute Gasteiger partial charge is 0.385 e. The summed E-state index contributed by atoms with van der Waals surface area (Å²) in [6, 6.07) is 4.85. The molecule has 2 aliphatic heterocycles. The Morgan fingerprint density at radius 1 is 0.885 bits per heavy atom. The summed E-state index contributed by atoms with van der Waals surface area (Å²) in [4.78, 5) is 2.62. The van der Waals surface area contributed by atoms with Gasteiger partial charge in [0, 0.05) is 31.0 Å². The van der Waals surface area contributed by atoms with Crippen LogP contribution in [0.3, 0.4) is 0 Å². The molecule has 0 radical (unpaired) electrons. The fourth-order valence-electron chi connectivity index (χ4n) is 4.44. The summed E-state index contributed by atoms with van der Waals surface area (Å²) in [5.41, 5.74) is 6.12. The van der Waals surface area contributed by atoms with Crippen molar-refractivity contribution in [3.63, 3.8) is 0 Å².